The number of hydrogen-bond donors (Lipinski definition) is 1. The summed E-state index contributed by atoms with van der Waals surface area (Å²) in [5.41, 5.74) is -0.189. The highest BCUT2D eigenvalue weighted by Gasteiger charge is 2.35. The van der Waals surface area contributed by atoms with Gasteiger partial charge in [-0.3, -0.25) is 0 Å². The number of rotatable bonds is 3. The van der Waals surface area contributed by atoms with Crippen LogP contribution in [0.3, 0.4) is 0 Å². The molecular formula is C9H4F3N3O2S2. The van der Waals surface area contributed by atoms with E-state index in [1.54, 1.807) is 0 Å². The van der Waals surface area contributed by atoms with E-state index in [1.165, 1.54) is 18.3 Å². The van der Waals surface area contributed by atoms with Crippen LogP contribution in [0.2, 0.25) is 0 Å². The Labute approximate surface area is 112 Å². The Balaban J connectivity index is 2.19. The van der Waals surface area contributed by atoms with Gasteiger partial charge in [-0.15, -0.1) is 10.2 Å². The molecule has 2 aromatic heterocycles. The van der Waals surface area contributed by atoms with Crippen LogP contribution < -0.4 is 0 Å². The van der Waals surface area contributed by atoms with Crippen molar-refractivity contribution in [2.45, 2.75) is 15.4 Å². The lowest BCUT2D eigenvalue weighted by Gasteiger charge is -1.99. The van der Waals surface area contributed by atoms with Gasteiger partial charge in [-0.2, -0.15) is 13.2 Å². The van der Waals surface area contributed by atoms with E-state index < -0.39 is 17.2 Å². The molecule has 0 aliphatic rings. The molecule has 0 spiro atoms. The molecule has 0 bridgehead atoms. The second-order valence-corrected chi connectivity index (χ2v) is 5.45. The fraction of sp³-hybridized carbons (Fsp3) is 0.111. The maximum absolute atomic E-state index is 12.3. The minimum absolute atomic E-state index is 0.0786. The van der Waals surface area contributed by atoms with Crippen LogP contribution in [0.15, 0.2) is 27.6 Å². The lowest BCUT2D eigenvalue weighted by molar-refractivity contribution is -0.138. The molecule has 0 aromatic carbocycles. The van der Waals surface area contributed by atoms with Crippen LogP contribution in [0.5, 0.6) is 0 Å². The third-order valence-electron chi connectivity index (χ3n) is 1.80. The topological polar surface area (TPSA) is 76.0 Å². The molecule has 2 rings (SSSR count). The van der Waals surface area contributed by atoms with Crippen molar-refractivity contribution >= 4 is 29.1 Å². The van der Waals surface area contributed by atoms with Gasteiger partial charge in [0, 0.05) is 11.1 Å². The fourth-order valence-corrected chi connectivity index (χ4v) is 2.78. The summed E-state index contributed by atoms with van der Waals surface area (Å²) in [5.74, 6) is -1.21. The van der Waals surface area contributed by atoms with Crippen molar-refractivity contribution in [2.75, 3.05) is 0 Å². The molecule has 1 N–H and O–H groups in total. The van der Waals surface area contributed by atoms with E-state index >= 15 is 0 Å². The molecule has 100 valence electrons. The minimum atomic E-state index is -4.53. The van der Waals surface area contributed by atoms with Crippen LogP contribution >= 0.6 is 23.1 Å². The van der Waals surface area contributed by atoms with Crippen molar-refractivity contribution < 1.29 is 23.1 Å². The minimum Gasteiger partial charge on any atom is -0.477 e. The van der Waals surface area contributed by atoms with Gasteiger partial charge in [0.25, 0.3) is 0 Å². The van der Waals surface area contributed by atoms with Gasteiger partial charge in [0.15, 0.2) is 4.34 Å². The van der Waals surface area contributed by atoms with Gasteiger partial charge >= 0.3 is 12.1 Å². The van der Waals surface area contributed by atoms with Crippen molar-refractivity contribution in [3.8, 4) is 0 Å². The number of nitrogens with zero attached hydrogens (tertiary/aromatic N) is 3. The number of aromatic nitrogens is 3. The lowest BCUT2D eigenvalue weighted by atomic mass is 10.4. The molecular weight excluding hydrogens is 303 g/mol. The predicted molar refractivity (Wildman–Crippen MR) is 60.2 cm³/mol. The summed E-state index contributed by atoms with van der Waals surface area (Å²) in [4.78, 5) is 14.7. The highest BCUT2D eigenvalue weighted by atomic mass is 32.2. The first kappa shape index (κ1) is 13.7. The standard InChI is InChI=1S/C9H4F3N3O2S2/c10-9(11,12)7-14-15-8(19-7)18-4-1-2-13-5(3-4)6(16)17/h1-3H,(H,16,17). The summed E-state index contributed by atoms with van der Waals surface area (Å²) in [7, 11) is 0. The van der Waals surface area contributed by atoms with Gasteiger partial charge in [0.05, 0.1) is 0 Å². The van der Waals surface area contributed by atoms with E-state index in [9.17, 15) is 18.0 Å². The number of pyridine rings is 1. The summed E-state index contributed by atoms with van der Waals surface area (Å²) in [5, 5.41) is 14.1. The Morgan fingerprint density at radius 3 is 2.68 bits per heavy atom. The van der Waals surface area contributed by atoms with Crippen molar-refractivity contribution in [2.24, 2.45) is 0 Å². The SMILES string of the molecule is O=C(O)c1cc(Sc2nnc(C(F)(F)F)s2)ccn1. The predicted octanol–water partition coefficient (Wildman–Crippen LogP) is 2.80. The van der Waals surface area contributed by atoms with Crippen LogP contribution in [0.1, 0.15) is 15.5 Å². The molecule has 2 aromatic rings. The van der Waals surface area contributed by atoms with E-state index in [0.29, 0.717) is 16.2 Å². The Morgan fingerprint density at radius 2 is 2.11 bits per heavy atom. The van der Waals surface area contributed by atoms with Crippen LogP contribution in [0.25, 0.3) is 0 Å². The van der Waals surface area contributed by atoms with Crippen molar-refractivity contribution in [3.05, 3.63) is 29.0 Å². The number of carboxylic acids is 1. The largest absolute Gasteiger partial charge is 0.477 e. The molecule has 19 heavy (non-hydrogen) atoms. The molecule has 0 unspecified atom stereocenters. The van der Waals surface area contributed by atoms with Gasteiger partial charge in [0.2, 0.25) is 5.01 Å². The number of hydrogen-bond acceptors (Lipinski definition) is 6. The van der Waals surface area contributed by atoms with Crippen LogP contribution in [-0.4, -0.2) is 26.3 Å². The summed E-state index contributed by atoms with van der Waals surface area (Å²) in [6.45, 7) is 0. The first-order chi connectivity index (χ1) is 8.86. The number of alkyl halides is 3. The average molecular weight is 307 g/mol. The first-order valence-corrected chi connectivity index (χ1v) is 6.27. The summed E-state index contributed by atoms with van der Waals surface area (Å²) < 4.78 is 37.0. The van der Waals surface area contributed by atoms with Crippen molar-refractivity contribution in [1.82, 2.24) is 15.2 Å². The third kappa shape index (κ3) is 3.41. The molecule has 0 atom stereocenters. The average Bonchev–Trinajstić information content (AvgIpc) is 2.77. The molecule has 0 amide bonds. The van der Waals surface area contributed by atoms with Gasteiger partial charge in [0.1, 0.15) is 5.69 Å². The first-order valence-electron chi connectivity index (χ1n) is 4.64. The zero-order chi connectivity index (χ0) is 14.0. The Hall–Kier alpha value is -1.68. The van der Waals surface area contributed by atoms with Gasteiger partial charge in [-0.1, -0.05) is 23.1 Å². The van der Waals surface area contributed by atoms with E-state index in [0.717, 1.165) is 11.8 Å². The normalized spacial score (nSPS) is 11.5. The maximum atomic E-state index is 12.3. The molecule has 10 heteroatoms. The smallest absolute Gasteiger partial charge is 0.445 e. The van der Waals surface area contributed by atoms with E-state index in [2.05, 4.69) is 15.2 Å². The van der Waals surface area contributed by atoms with E-state index in [1.807, 2.05) is 0 Å². The Bertz CT molecular complexity index is 615. The molecule has 0 radical (unpaired) electrons. The Morgan fingerprint density at radius 1 is 1.37 bits per heavy atom. The van der Waals surface area contributed by atoms with Crippen LogP contribution in [0.4, 0.5) is 13.2 Å². The molecule has 2 heterocycles. The summed E-state index contributed by atoms with van der Waals surface area (Å²) in [6, 6.07) is 2.73. The zero-order valence-corrected chi connectivity index (χ0v) is 10.5. The quantitative estimate of drug-likeness (QED) is 0.939. The van der Waals surface area contributed by atoms with Gasteiger partial charge in [-0.25, -0.2) is 9.78 Å². The zero-order valence-electron chi connectivity index (χ0n) is 8.88. The highest BCUT2D eigenvalue weighted by Crippen LogP contribution is 2.36. The lowest BCUT2D eigenvalue weighted by Crippen LogP contribution is -2.03. The second kappa shape index (κ2) is 5.13. The highest BCUT2D eigenvalue weighted by molar-refractivity contribution is 8.01. The van der Waals surface area contributed by atoms with E-state index in [-0.39, 0.29) is 10.0 Å². The molecule has 0 fully saturated rings. The fourth-order valence-electron chi connectivity index (χ4n) is 1.06. The molecule has 0 saturated heterocycles. The van der Waals surface area contributed by atoms with Crippen LogP contribution in [0, 0.1) is 0 Å². The van der Waals surface area contributed by atoms with Crippen LogP contribution in [-0.2, 0) is 6.18 Å². The molecule has 0 aliphatic heterocycles. The second-order valence-electron chi connectivity index (χ2n) is 3.15. The molecule has 0 aliphatic carbocycles. The number of carboxylic acid groups (broad SMARTS) is 1. The van der Waals surface area contributed by atoms with Crippen molar-refractivity contribution in [3.63, 3.8) is 0 Å². The number of aromatic carboxylic acids is 1. The summed E-state index contributed by atoms with van der Waals surface area (Å²) >= 11 is 1.29. The van der Waals surface area contributed by atoms with Crippen molar-refractivity contribution in [1.29, 1.82) is 0 Å². The maximum Gasteiger partial charge on any atom is 0.445 e. The number of carbonyl (C=O) groups is 1. The third-order valence-corrected chi connectivity index (χ3v) is 3.81. The van der Waals surface area contributed by atoms with Gasteiger partial charge < -0.3 is 5.11 Å². The monoisotopic (exact) mass is 307 g/mol. The summed E-state index contributed by atoms with van der Waals surface area (Å²) in [6.07, 6.45) is -3.27. The molecule has 5 nitrogen and oxygen atoms in total. The van der Waals surface area contributed by atoms with E-state index in [4.69, 9.17) is 5.11 Å². The van der Waals surface area contributed by atoms with Gasteiger partial charge in [-0.05, 0) is 12.1 Å². The Kier molecular flexibility index (Phi) is 3.71. The number of halogens is 3. The molecule has 0 saturated carbocycles.